The monoisotopic (exact) mass is 327 g/mol. The summed E-state index contributed by atoms with van der Waals surface area (Å²) in [6.45, 7) is 11.7. The molecule has 0 saturated carbocycles. The summed E-state index contributed by atoms with van der Waals surface area (Å²) < 4.78 is 1.92. The minimum Gasteiger partial charge on any atom is -0.345 e. The van der Waals surface area contributed by atoms with Crippen molar-refractivity contribution in [3.8, 4) is 0 Å². The molecule has 1 N–H and O–H groups in total. The van der Waals surface area contributed by atoms with Gasteiger partial charge in [-0.05, 0) is 53.7 Å². The first-order valence-corrected chi connectivity index (χ1v) is 8.08. The third-order valence-corrected chi connectivity index (χ3v) is 3.99. The van der Waals surface area contributed by atoms with E-state index in [1.165, 1.54) is 6.92 Å². The highest BCUT2D eigenvalue weighted by atomic mass is 16.1. The lowest BCUT2D eigenvalue weighted by molar-refractivity contribution is 0.0938. The lowest BCUT2D eigenvalue weighted by atomic mass is 10.1. The Hall–Kier alpha value is -2.43. The van der Waals surface area contributed by atoms with Gasteiger partial charge in [-0.1, -0.05) is 12.1 Å². The number of nitrogens with zero attached hydrogens (tertiary/aromatic N) is 2. The largest absolute Gasteiger partial charge is 0.345 e. The molecule has 2 aromatic rings. The molecule has 0 aliphatic heterocycles. The van der Waals surface area contributed by atoms with Crippen LogP contribution in [0.1, 0.15) is 72.6 Å². The SMILES string of the molecule is CC(=O)c1ccc(C(=O)N[C@@H](C)c2cn(C(C)(C)C)nc2C)cc1. The van der Waals surface area contributed by atoms with E-state index in [0.717, 1.165) is 11.3 Å². The Bertz CT molecular complexity index is 752. The Morgan fingerprint density at radius 2 is 1.67 bits per heavy atom. The van der Waals surface area contributed by atoms with Gasteiger partial charge < -0.3 is 5.32 Å². The molecule has 1 atom stereocenters. The summed E-state index contributed by atoms with van der Waals surface area (Å²) >= 11 is 0. The van der Waals surface area contributed by atoms with Crippen LogP contribution in [0, 0.1) is 6.92 Å². The van der Waals surface area contributed by atoms with Crippen LogP contribution in [0.4, 0.5) is 0 Å². The van der Waals surface area contributed by atoms with Crippen LogP contribution >= 0.6 is 0 Å². The topological polar surface area (TPSA) is 64.0 Å². The van der Waals surface area contributed by atoms with Gasteiger partial charge in [0.15, 0.2) is 5.78 Å². The van der Waals surface area contributed by atoms with Crippen LogP contribution in [-0.2, 0) is 5.54 Å². The highest BCUT2D eigenvalue weighted by Gasteiger charge is 2.20. The molecule has 0 spiro atoms. The Balaban J connectivity index is 2.14. The zero-order valence-corrected chi connectivity index (χ0v) is 15.2. The van der Waals surface area contributed by atoms with Gasteiger partial charge >= 0.3 is 0 Å². The number of aryl methyl sites for hydroxylation is 1. The van der Waals surface area contributed by atoms with E-state index in [0.29, 0.717) is 11.1 Å². The molecule has 128 valence electrons. The van der Waals surface area contributed by atoms with Crippen molar-refractivity contribution in [2.24, 2.45) is 0 Å². The molecule has 0 unspecified atom stereocenters. The van der Waals surface area contributed by atoms with Gasteiger partial charge in [-0.25, -0.2) is 0 Å². The second-order valence-electron chi connectivity index (χ2n) is 7.11. The Labute approximate surface area is 143 Å². The summed E-state index contributed by atoms with van der Waals surface area (Å²) in [7, 11) is 0. The number of benzene rings is 1. The van der Waals surface area contributed by atoms with Crippen molar-refractivity contribution in [3.63, 3.8) is 0 Å². The van der Waals surface area contributed by atoms with Crippen molar-refractivity contribution in [3.05, 3.63) is 52.8 Å². The maximum Gasteiger partial charge on any atom is 0.251 e. The molecule has 0 saturated heterocycles. The lowest BCUT2D eigenvalue weighted by Gasteiger charge is -2.19. The Morgan fingerprint density at radius 3 is 2.12 bits per heavy atom. The van der Waals surface area contributed by atoms with Gasteiger partial charge in [0, 0.05) is 22.9 Å². The molecule has 5 nitrogen and oxygen atoms in total. The fraction of sp³-hybridized carbons (Fsp3) is 0.421. The van der Waals surface area contributed by atoms with Crippen LogP contribution in [0.15, 0.2) is 30.5 Å². The molecule has 1 amide bonds. The molecule has 1 aromatic heterocycles. The van der Waals surface area contributed by atoms with E-state index in [2.05, 4.69) is 31.2 Å². The van der Waals surface area contributed by atoms with Gasteiger partial charge in [-0.3, -0.25) is 14.3 Å². The second kappa shape index (κ2) is 6.59. The fourth-order valence-electron chi connectivity index (χ4n) is 2.46. The summed E-state index contributed by atoms with van der Waals surface area (Å²) in [4.78, 5) is 23.7. The average Bonchev–Trinajstić information content (AvgIpc) is 2.89. The quantitative estimate of drug-likeness (QED) is 0.872. The minimum atomic E-state index is -0.166. The summed E-state index contributed by atoms with van der Waals surface area (Å²) in [6.07, 6.45) is 1.99. The maximum atomic E-state index is 12.4. The number of rotatable bonds is 4. The van der Waals surface area contributed by atoms with Crippen molar-refractivity contribution in [2.45, 2.75) is 53.1 Å². The van der Waals surface area contributed by atoms with Gasteiger partial charge in [-0.2, -0.15) is 5.10 Å². The maximum absolute atomic E-state index is 12.4. The summed E-state index contributed by atoms with van der Waals surface area (Å²) in [5, 5.41) is 7.53. The van der Waals surface area contributed by atoms with Crippen LogP contribution in [0.25, 0.3) is 0 Å². The van der Waals surface area contributed by atoms with Crippen molar-refractivity contribution < 1.29 is 9.59 Å². The normalized spacial score (nSPS) is 12.8. The van der Waals surface area contributed by atoms with Gasteiger partial charge in [0.2, 0.25) is 0 Å². The zero-order valence-electron chi connectivity index (χ0n) is 15.2. The number of amides is 1. The van der Waals surface area contributed by atoms with Crippen molar-refractivity contribution in [2.75, 3.05) is 0 Å². The van der Waals surface area contributed by atoms with Gasteiger partial charge in [-0.15, -0.1) is 0 Å². The summed E-state index contributed by atoms with van der Waals surface area (Å²) in [5.74, 6) is -0.180. The predicted octanol–water partition coefficient (Wildman–Crippen LogP) is 3.64. The lowest BCUT2D eigenvalue weighted by Crippen LogP contribution is -2.27. The molecule has 0 aliphatic carbocycles. The van der Waals surface area contributed by atoms with Gasteiger partial charge in [0.1, 0.15) is 0 Å². The number of hydrogen-bond acceptors (Lipinski definition) is 3. The number of ketones is 1. The number of nitrogens with one attached hydrogen (secondary N) is 1. The number of hydrogen-bond donors (Lipinski definition) is 1. The summed E-state index contributed by atoms with van der Waals surface area (Å²) in [6, 6.07) is 6.53. The molecule has 0 aliphatic rings. The molecule has 0 radical (unpaired) electrons. The smallest absolute Gasteiger partial charge is 0.251 e. The number of carbonyl (C=O) groups is 2. The number of aromatic nitrogens is 2. The Kier molecular flexibility index (Phi) is 4.92. The molecule has 24 heavy (non-hydrogen) atoms. The zero-order chi connectivity index (χ0) is 18.1. The van der Waals surface area contributed by atoms with E-state index in [-0.39, 0.29) is 23.3 Å². The third-order valence-electron chi connectivity index (χ3n) is 3.99. The average molecular weight is 327 g/mol. The molecule has 2 rings (SSSR count). The van der Waals surface area contributed by atoms with E-state index in [1.54, 1.807) is 24.3 Å². The van der Waals surface area contributed by atoms with E-state index in [4.69, 9.17) is 0 Å². The van der Waals surface area contributed by atoms with Gasteiger partial charge in [0.05, 0.1) is 17.3 Å². The molecule has 0 bridgehead atoms. The second-order valence-corrected chi connectivity index (χ2v) is 7.11. The van der Waals surface area contributed by atoms with Gasteiger partial charge in [0.25, 0.3) is 5.91 Å². The highest BCUT2D eigenvalue weighted by Crippen LogP contribution is 2.21. The highest BCUT2D eigenvalue weighted by molar-refractivity contribution is 5.97. The molecular weight excluding hydrogens is 302 g/mol. The number of Topliss-reactive ketones (excluding diaryl/α,β-unsaturated/α-hetero) is 1. The Morgan fingerprint density at radius 1 is 1.12 bits per heavy atom. The predicted molar refractivity (Wildman–Crippen MR) is 94.3 cm³/mol. The van der Waals surface area contributed by atoms with Crippen molar-refractivity contribution in [1.82, 2.24) is 15.1 Å². The van der Waals surface area contributed by atoms with Crippen LogP contribution < -0.4 is 5.32 Å². The molecule has 0 fully saturated rings. The number of carbonyl (C=O) groups excluding carboxylic acids is 2. The molecule has 1 aromatic carbocycles. The molecular formula is C19H25N3O2. The van der Waals surface area contributed by atoms with Crippen LogP contribution in [-0.4, -0.2) is 21.5 Å². The van der Waals surface area contributed by atoms with Crippen LogP contribution in [0.3, 0.4) is 0 Å². The standard InChI is InChI=1S/C19H25N3O2/c1-12(17-11-22(19(4,5)6)21-13(17)2)20-18(24)16-9-7-15(8-10-16)14(3)23/h7-12H,1-6H3,(H,20,24)/t12-/m0/s1. The van der Waals surface area contributed by atoms with Crippen LogP contribution in [0.5, 0.6) is 0 Å². The first-order chi connectivity index (χ1) is 11.1. The third kappa shape index (κ3) is 3.91. The summed E-state index contributed by atoms with van der Waals surface area (Å²) in [5.41, 5.74) is 2.94. The molecule has 5 heteroatoms. The first kappa shape index (κ1) is 17.9. The van der Waals surface area contributed by atoms with Crippen molar-refractivity contribution >= 4 is 11.7 Å². The van der Waals surface area contributed by atoms with Crippen molar-refractivity contribution in [1.29, 1.82) is 0 Å². The van der Waals surface area contributed by atoms with E-state index >= 15 is 0 Å². The van der Waals surface area contributed by atoms with E-state index in [1.807, 2.05) is 24.7 Å². The van der Waals surface area contributed by atoms with E-state index in [9.17, 15) is 9.59 Å². The molecule has 1 heterocycles. The fourth-order valence-corrected chi connectivity index (χ4v) is 2.46. The first-order valence-electron chi connectivity index (χ1n) is 8.08. The van der Waals surface area contributed by atoms with Crippen LogP contribution in [0.2, 0.25) is 0 Å². The minimum absolute atomic E-state index is 0.0134. The van der Waals surface area contributed by atoms with E-state index < -0.39 is 0 Å².